The van der Waals surface area contributed by atoms with Gasteiger partial charge in [-0.1, -0.05) is 6.07 Å². The van der Waals surface area contributed by atoms with Crippen LogP contribution >= 0.6 is 0 Å². The second-order valence-corrected chi connectivity index (χ2v) is 2.96. The molecule has 2 rings (SSSR count). The van der Waals surface area contributed by atoms with Gasteiger partial charge in [0.2, 0.25) is 0 Å². The summed E-state index contributed by atoms with van der Waals surface area (Å²) < 4.78 is 13.2. The lowest BCUT2D eigenvalue weighted by atomic mass is 10.0. The Hall–Kier alpha value is -1.09. The van der Waals surface area contributed by atoms with Gasteiger partial charge in [-0.15, -0.1) is 0 Å². The van der Waals surface area contributed by atoms with Crippen LogP contribution in [0.4, 0.5) is 10.1 Å². The molecule has 64 valence electrons. The second-order valence-electron chi connectivity index (χ2n) is 2.96. The van der Waals surface area contributed by atoms with Crippen LogP contribution in [0.1, 0.15) is 11.5 Å². The molecule has 1 aliphatic heterocycles. The van der Waals surface area contributed by atoms with Crippen LogP contribution in [0.2, 0.25) is 0 Å². The summed E-state index contributed by atoms with van der Waals surface area (Å²) in [6.45, 7) is 0.633. The van der Waals surface area contributed by atoms with Crippen molar-refractivity contribution in [3.63, 3.8) is 0 Å². The second kappa shape index (κ2) is 2.75. The fourth-order valence-electron chi connectivity index (χ4n) is 1.60. The molecule has 3 heteroatoms. The van der Waals surface area contributed by atoms with Crippen LogP contribution in [0.5, 0.6) is 0 Å². The zero-order chi connectivity index (χ0) is 8.55. The Kier molecular flexibility index (Phi) is 1.73. The molecular weight excluding hydrogens is 157 g/mol. The molecule has 0 fully saturated rings. The van der Waals surface area contributed by atoms with E-state index >= 15 is 0 Å². The number of fused-ring (bicyclic) bond motifs is 1. The Balaban J connectivity index is 2.48. The molecule has 1 aromatic carbocycles. The van der Waals surface area contributed by atoms with Crippen molar-refractivity contribution < 1.29 is 9.50 Å². The van der Waals surface area contributed by atoms with E-state index in [4.69, 9.17) is 5.11 Å². The number of hydrogen-bond donors (Lipinski definition) is 2. The summed E-state index contributed by atoms with van der Waals surface area (Å²) in [6, 6.07) is 4.92. The summed E-state index contributed by atoms with van der Waals surface area (Å²) >= 11 is 0. The van der Waals surface area contributed by atoms with E-state index in [-0.39, 0.29) is 18.3 Å². The summed E-state index contributed by atoms with van der Waals surface area (Å²) in [5, 5.41) is 12.0. The number of halogens is 1. The molecule has 1 heterocycles. The molecule has 1 aromatic rings. The molecule has 0 saturated carbocycles. The third-order valence-corrected chi connectivity index (χ3v) is 2.22. The highest BCUT2D eigenvalue weighted by atomic mass is 19.1. The van der Waals surface area contributed by atoms with Gasteiger partial charge in [0.15, 0.2) is 0 Å². The Morgan fingerprint density at radius 1 is 1.58 bits per heavy atom. The van der Waals surface area contributed by atoms with Crippen molar-refractivity contribution in [2.24, 2.45) is 0 Å². The molecule has 2 N–H and O–H groups in total. The van der Waals surface area contributed by atoms with Crippen molar-refractivity contribution in [3.8, 4) is 0 Å². The maximum absolute atomic E-state index is 13.2. The van der Waals surface area contributed by atoms with Gasteiger partial charge in [0.25, 0.3) is 0 Å². The number of aliphatic hydroxyl groups excluding tert-OH is 1. The Labute approximate surface area is 70.0 Å². The van der Waals surface area contributed by atoms with Crippen LogP contribution in [-0.4, -0.2) is 18.3 Å². The minimum Gasteiger partial charge on any atom is -0.396 e. The van der Waals surface area contributed by atoms with Gasteiger partial charge in [-0.3, -0.25) is 0 Å². The van der Waals surface area contributed by atoms with E-state index in [2.05, 4.69) is 5.32 Å². The third kappa shape index (κ3) is 0.975. The van der Waals surface area contributed by atoms with Crippen molar-refractivity contribution in [1.29, 1.82) is 0 Å². The quantitative estimate of drug-likeness (QED) is 0.661. The lowest BCUT2D eigenvalue weighted by Crippen LogP contribution is -2.06. The van der Waals surface area contributed by atoms with E-state index < -0.39 is 0 Å². The van der Waals surface area contributed by atoms with Gasteiger partial charge in [0, 0.05) is 23.7 Å². The Morgan fingerprint density at radius 3 is 3.17 bits per heavy atom. The van der Waals surface area contributed by atoms with E-state index in [0.29, 0.717) is 12.1 Å². The average molecular weight is 167 g/mol. The smallest absolute Gasteiger partial charge is 0.128 e. The fraction of sp³-hybridized carbons (Fsp3) is 0.333. The summed E-state index contributed by atoms with van der Waals surface area (Å²) in [4.78, 5) is 0. The SMILES string of the molecule is OCC1CNc2cccc(F)c21. The van der Waals surface area contributed by atoms with Gasteiger partial charge in [-0.2, -0.15) is 0 Å². The number of nitrogens with one attached hydrogen (secondary N) is 1. The van der Waals surface area contributed by atoms with E-state index in [9.17, 15) is 4.39 Å². The van der Waals surface area contributed by atoms with Crippen molar-refractivity contribution in [3.05, 3.63) is 29.6 Å². The highest BCUT2D eigenvalue weighted by molar-refractivity contribution is 5.58. The molecule has 1 unspecified atom stereocenters. The molecule has 0 amide bonds. The van der Waals surface area contributed by atoms with Crippen molar-refractivity contribution in [2.75, 3.05) is 18.5 Å². The van der Waals surface area contributed by atoms with Crippen molar-refractivity contribution >= 4 is 5.69 Å². The fourth-order valence-corrected chi connectivity index (χ4v) is 1.60. The van der Waals surface area contributed by atoms with Gasteiger partial charge in [0.1, 0.15) is 5.82 Å². The molecule has 0 saturated heterocycles. The predicted octanol–water partition coefficient (Wildman–Crippen LogP) is 1.33. The summed E-state index contributed by atoms with van der Waals surface area (Å²) in [7, 11) is 0. The molecule has 12 heavy (non-hydrogen) atoms. The van der Waals surface area contributed by atoms with Gasteiger partial charge in [-0.05, 0) is 12.1 Å². The van der Waals surface area contributed by atoms with Crippen LogP contribution in [-0.2, 0) is 0 Å². The largest absolute Gasteiger partial charge is 0.396 e. The van der Waals surface area contributed by atoms with E-state index in [0.717, 1.165) is 5.69 Å². The average Bonchev–Trinajstić information content (AvgIpc) is 2.49. The number of anilines is 1. The lowest BCUT2D eigenvalue weighted by molar-refractivity contribution is 0.271. The minimum absolute atomic E-state index is 0.000926. The van der Waals surface area contributed by atoms with Crippen LogP contribution in [0.25, 0.3) is 0 Å². The number of aliphatic hydroxyl groups is 1. The molecule has 1 atom stereocenters. The Bertz CT molecular complexity index is 301. The van der Waals surface area contributed by atoms with Crippen LogP contribution < -0.4 is 5.32 Å². The molecular formula is C9H10FNO. The van der Waals surface area contributed by atoms with Crippen molar-refractivity contribution in [1.82, 2.24) is 0 Å². The first-order valence-corrected chi connectivity index (χ1v) is 3.96. The highest BCUT2D eigenvalue weighted by Gasteiger charge is 2.24. The van der Waals surface area contributed by atoms with Gasteiger partial charge in [0.05, 0.1) is 6.61 Å². The molecule has 2 nitrogen and oxygen atoms in total. The number of benzene rings is 1. The maximum atomic E-state index is 13.2. The van der Waals surface area contributed by atoms with Crippen molar-refractivity contribution in [2.45, 2.75) is 5.92 Å². The number of hydrogen-bond acceptors (Lipinski definition) is 2. The third-order valence-electron chi connectivity index (χ3n) is 2.22. The van der Waals surface area contributed by atoms with Crippen LogP contribution in [0.3, 0.4) is 0 Å². The van der Waals surface area contributed by atoms with Gasteiger partial charge in [-0.25, -0.2) is 4.39 Å². The van der Waals surface area contributed by atoms with Gasteiger partial charge >= 0.3 is 0 Å². The molecule has 0 radical (unpaired) electrons. The van der Waals surface area contributed by atoms with Crippen LogP contribution in [0.15, 0.2) is 18.2 Å². The summed E-state index contributed by atoms with van der Waals surface area (Å²) in [6.07, 6.45) is 0. The molecule has 0 spiro atoms. The predicted molar refractivity (Wildman–Crippen MR) is 44.7 cm³/mol. The zero-order valence-electron chi connectivity index (χ0n) is 6.55. The van der Waals surface area contributed by atoms with Gasteiger partial charge < -0.3 is 10.4 Å². The molecule has 0 aliphatic carbocycles. The first kappa shape index (κ1) is 7.55. The maximum Gasteiger partial charge on any atom is 0.128 e. The first-order chi connectivity index (χ1) is 5.83. The normalized spacial score (nSPS) is 20.3. The lowest BCUT2D eigenvalue weighted by Gasteiger charge is -2.05. The molecule has 0 aromatic heterocycles. The minimum atomic E-state index is -0.225. The van der Waals surface area contributed by atoms with Crippen LogP contribution in [0, 0.1) is 5.82 Å². The zero-order valence-corrected chi connectivity index (χ0v) is 6.55. The monoisotopic (exact) mass is 167 g/mol. The highest BCUT2D eigenvalue weighted by Crippen LogP contribution is 2.32. The standard InChI is InChI=1S/C9H10FNO/c10-7-2-1-3-8-9(7)6(5-12)4-11-8/h1-3,6,11-12H,4-5H2. The number of rotatable bonds is 1. The van der Waals surface area contributed by atoms with E-state index in [1.165, 1.54) is 6.07 Å². The first-order valence-electron chi connectivity index (χ1n) is 3.96. The summed E-state index contributed by atoms with van der Waals surface area (Å²) in [5.74, 6) is -0.308. The topological polar surface area (TPSA) is 32.3 Å². The van der Waals surface area contributed by atoms with E-state index in [1.54, 1.807) is 6.07 Å². The molecule has 0 bridgehead atoms. The Morgan fingerprint density at radius 2 is 2.42 bits per heavy atom. The van der Waals surface area contributed by atoms with E-state index in [1.807, 2.05) is 6.07 Å². The summed E-state index contributed by atoms with van der Waals surface area (Å²) in [5.41, 5.74) is 1.44. The molecule has 1 aliphatic rings.